The fraction of sp³-hybridized carbons (Fsp3) is 0.333. The first-order valence-corrected chi connectivity index (χ1v) is 9.65. The molecule has 1 atom stereocenters. The number of guanidine groups is 2. The van der Waals surface area contributed by atoms with Crippen molar-refractivity contribution in [2.24, 2.45) is 15.7 Å². The van der Waals surface area contributed by atoms with Gasteiger partial charge < -0.3 is 25.4 Å². The quantitative estimate of drug-likeness (QED) is 0.827. The summed E-state index contributed by atoms with van der Waals surface area (Å²) in [6.07, 6.45) is -0.430. The number of morpholine rings is 1. The molecule has 2 aromatic carbocycles. The SMILES string of the molecule is COc1ccc(NC2N=C(N)N=C(N3CCOCC3)N2c2cccc(C)c2)cc1. The number of hydrogen-bond acceptors (Lipinski definition) is 8. The van der Waals surface area contributed by atoms with Gasteiger partial charge in [-0.25, -0.2) is 4.99 Å². The monoisotopic (exact) mass is 394 g/mol. The van der Waals surface area contributed by atoms with Crippen LogP contribution in [0, 0.1) is 6.92 Å². The molecular formula is C21H26N6O2. The highest BCUT2D eigenvalue weighted by molar-refractivity contribution is 6.06. The molecule has 0 aromatic heterocycles. The van der Waals surface area contributed by atoms with E-state index in [1.165, 1.54) is 0 Å². The minimum atomic E-state index is -0.430. The summed E-state index contributed by atoms with van der Waals surface area (Å²) in [5, 5.41) is 3.46. The summed E-state index contributed by atoms with van der Waals surface area (Å²) >= 11 is 0. The average Bonchev–Trinajstić information content (AvgIpc) is 2.74. The molecule has 2 aliphatic heterocycles. The van der Waals surface area contributed by atoms with Crippen molar-refractivity contribution in [2.75, 3.05) is 43.6 Å². The molecule has 2 heterocycles. The molecule has 3 N–H and O–H groups in total. The third-order valence-corrected chi connectivity index (χ3v) is 4.89. The molecule has 2 aromatic rings. The lowest BCUT2D eigenvalue weighted by Crippen LogP contribution is -2.57. The first kappa shape index (κ1) is 19.1. The summed E-state index contributed by atoms with van der Waals surface area (Å²) < 4.78 is 10.8. The van der Waals surface area contributed by atoms with Crippen LogP contribution in [-0.2, 0) is 4.74 Å². The predicted octanol–water partition coefficient (Wildman–Crippen LogP) is 2.22. The van der Waals surface area contributed by atoms with Gasteiger partial charge in [0.15, 0.2) is 0 Å². The molecule has 1 unspecified atom stereocenters. The van der Waals surface area contributed by atoms with Crippen LogP contribution in [0.5, 0.6) is 5.75 Å². The van der Waals surface area contributed by atoms with Crippen LogP contribution in [0.3, 0.4) is 0 Å². The largest absolute Gasteiger partial charge is 0.497 e. The van der Waals surface area contributed by atoms with Gasteiger partial charge in [-0.3, -0.25) is 4.90 Å². The molecule has 0 spiro atoms. The smallest absolute Gasteiger partial charge is 0.222 e. The van der Waals surface area contributed by atoms with E-state index in [0.29, 0.717) is 13.2 Å². The van der Waals surface area contributed by atoms with Crippen LogP contribution in [0.15, 0.2) is 58.5 Å². The van der Waals surface area contributed by atoms with Crippen LogP contribution in [-0.4, -0.2) is 56.5 Å². The van der Waals surface area contributed by atoms with Gasteiger partial charge in [-0.15, -0.1) is 0 Å². The minimum Gasteiger partial charge on any atom is -0.497 e. The van der Waals surface area contributed by atoms with Gasteiger partial charge in [0.05, 0.1) is 20.3 Å². The van der Waals surface area contributed by atoms with Crippen molar-refractivity contribution in [3.8, 4) is 5.75 Å². The Morgan fingerprint density at radius 3 is 2.59 bits per heavy atom. The van der Waals surface area contributed by atoms with Crippen LogP contribution < -0.4 is 20.7 Å². The number of nitrogens with two attached hydrogens (primary N) is 1. The standard InChI is InChI=1S/C21H26N6O2/c1-15-4-3-5-17(14-15)27-20(23-16-6-8-18(28-2)9-7-16)24-19(22)25-21(27)26-10-12-29-13-11-26/h3-9,14,20,23H,10-13H2,1-2H3,(H2,22,24). The van der Waals surface area contributed by atoms with Gasteiger partial charge in [0, 0.05) is 24.5 Å². The normalized spacial score (nSPS) is 19.4. The number of aliphatic imine (C=N–C) groups is 2. The Morgan fingerprint density at radius 1 is 1.14 bits per heavy atom. The number of aryl methyl sites for hydroxylation is 1. The summed E-state index contributed by atoms with van der Waals surface area (Å²) in [5.74, 6) is 1.83. The summed E-state index contributed by atoms with van der Waals surface area (Å²) in [4.78, 5) is 13.5. The highest BCUT2D eigenvalue weighted by Gasteiger charge is 2.32. The van der Waals surface area contributed by atoms with Crippen molar-refractivity contribution >= 4 is 23.3 Å². The van der Waals surface area contributed by atoms with Crippen LogP contribution in [0.4, 0.5) is 11.4 Å². The fourth-order valence-corrected chi connectivity index (χ4v) is 3.43. The molecule has 2 aliphatic rings. The zero-order chi connectivity index (χ0) is 20.2. The van der Waals surface area contributed by atoms with Gasteiger partial charge >= 0.3 is 0 Å². The Morgan fingerprint density at radius 2 is 1.90 bits per heavy atom. The molecule has 1 fully saturated rings. The van der Waals surface area contributed by atoms with E-state index < -0.39 is 6.29 Å². The van der Waals surface area contributed by atoms with Gasteiger partial charge in [0.2, 0.25) is 18.2 Å². The lowest BCUT2D eigenvalue weighted by atomic mass is 10.2. The van der Waals surface area contributed by atoms with E-state index in [4.69, 9.17) is 15.2 Å². The third-order valence-electron chi connectivity index (χ3n) is 4.89. The first-order chi connectivity index (χ1) is 14.1. The Hall–Kier alpha value is -3.26. The van der Waals surface area contributed by atoms with E-state index in [9.17, 15) is 0 Å². The number of nitrogens with one attached hydrogen (secondary N) is 1. The molecule has 0 saturated carbocycles. The number of rotatable bonds is 4. The van der Waals surface area contributed by atoms with Crippen molar-refractivity contribution in [2.45, 2.75) is 13.2 Å². The van der Waals surface area contributed by atoms with Gasteiger partial charge in [-0.1, -0.05) is 12.1 Å². The lowest BCUT2D eigenvalue weighted by Gasteiger charge is -2.41. The number of methoxy groups -OCH3 is 1. The molecule has 8 nitrogen and oxygen atoms in total. The summed E-state index contributed by atoms with van der Waals surface area (Å²) in [6, 6.07) is 16.0. The molecule has 0 amide bonds. The zero-order valence-electron chi connectivity index (χ0n) is 16.7. The highest BCUT2D eigenvalue weighted by atomic mass is 16.5. The maximum atomic E-state index is 6.11. The second-order valence-corrected chi connectivity index (χ2v) is 6.95. The van der Waals surface area contributed by atoms with Crippen LogP contribution >= 0.6 is 0 Å². The Bertz CT molecular complexity index is 906. The van der Waals surface area contributed by atoms with Crippen molar-refractivity contribution in [3.05, 3.63) is 54.1 Å². The molecule has 0 aliphatic carbocycles. The number of anilines is 2. The lowest BCUT2D eigenvalue weighted by molar-refractivity contribution is 0.0671. The average molecular weight is 394 g/mol. The Labute approximate surface area is 170 Å². The zero-order valence-corrected chi connectivity index (χ0v) is 16.7. The molecule has 152 valence electrons. The van der Waals surface area contributed by atoms with Crippen LogP contribution in [0.2, 0.25) is 0 Å². The second-order valence-electron chi connectivity index (χ2n) is 6.95. The maximum Gasteiger partial charge on any atom is 0.222 e. The molecule has 29 heavy (non-hydrogen) atoms. The molecule has 1 saturated heterocycles. The van der Waals surface area contributed by atoms with E-state index in [2.05, 4.69) is 50.2 Å². The molecule has 4 rings (SSSR count). The highest BCUT2D eigenvalue weighted by Crippen LogP contribution is 2.26. The fourth-order valence-electron chi connectivity index (χ4n) is 3.43. The van der Waals surface area contributed by atoms with E-state index in [1.54, 1.807) is 7.11 Å². The summed E-state index contributed by atoms with van der Waals surface area (Å²) in [5.41, 5.74) is 9.18. The van der Waals surface area contributed by atoms with Crippen molar-refractivity contribution in [1.82, 2.24) is 4.90 Å². The van der Waals surface area contributed by atoms with Crippen molar-refractivity contribution < 1.29 is 9.47 Å². The second kappa shape index (κ2) is 8.40. The van der Waals surface area contributed by atoms with Crippen LogP contribution in [0.25, 0.3) is 0 Å². The van der Waals surface area contributed by atoms with Crippen molar-refractivity contribution in [1.29, 1.82) is 0 Å². The van der Waals surface area contributed by atoms with Crippen molar-refractivity contribution in [3.63, 3.8) is 0 Å². The van der Waals surface area contributed by atoms with Gasteiger partial charge in [-0.05, 0) is 48.9 Å². The number of hydrogen-bond donors (Lipinski definition) is 2. The van der Waals surface area contributed by atoms with Gasteiger partial charge in [-0.2, -0.15) is 4.99 Å². The summed E-state index contributed by atoms with van der Waals surface area (Å²) in [7, 11) is 1.65. The maximum absolute atomic E-state index is 6.11. The third kappa shape index (κ3) is 4.27. The molecule has 0 radical (unpaired) electrons. The van der Waals surface area contributed by atoms with E-state index in [-0.39, 0.29) is 5.96 Å². The van der Waals surface area contributed by atoms with Gasteiger partial charge in [0.25, 0.3) is 0 Å². The van der Waals surface area contributed by atoms with E-state index in [0.717, 1.165) is 41.7 Å². The number of ether oxygens (including phenoxy) is 2. The summed E-state index contributed by atoms with van der Waals surface area (Å²) in [6.45, 7) is 4.90. The van der Waals surface area contributed by atoms with E-state index in [1.807, 2.05) is 30.3 Å². The van der Waals surface area contributed by atoms with Gasteiger partial charge in [0.1, 0.15) is 5.75 Å². The van der Waals surface area contributed by atoms with Crippen LogP contribution in [0.1, 0.15) is 5.56 Å². The number of benzene rings is 2. The minimum absolute atomic E-state index is 0.251. The Balaban J connectivity index is 1.69. The predicted molar refractivity (Wildman–Crippen MR) is 116 cm³/mol. The molecule has 0 bridgehead atoms. The topological polar surface area (TPSA) is 87.7 Å². The number of nitrogens with zero attached hydrogens (tertiary/aromatic N) is 4. The van der Waals surface area contributed by atoms with E-state index >= 15 is 0 Å². The molecule has 8 heteroatoms. The Kier molecular flexibility index (Phi) is 5.53. The first-order valence-electron chi connectivity index (χ1n) is 9.65. The molecular weight excluding hydrogens is 368 g/mol.